The largest absolute Gasteiger partial charge is 0.451 e. The van der Waals surface area contributed by atoms with Gasteiger partial charge < -0.3 is 4.42 Å². The zero-order valence-electron chi connectivity index (χ0n) is 10.0. The second-order valence-electron chi connectivity index (χ2n) is 3.66. The topological polar surface area (TPSA) is 42.7 Å². The molecule has 0 saturated heterocycles. The molecule has 0 atom stereocenters. The van der Waals surface area contributed by atoms with Crippen molar-refractivity contribution in [1.82, 2.24) is 5.06 Å². The molecule has 0 aliphatic carbocycles. The Morgan fingerprint density at radius 2 is 1.89 bits per heavy atom. The van der Waals surface area contributed by atoms with E-state index in [1.165, 1.54) is 26.3 Å². The Morgan fingerprint density at radius 3 is 2.50 bits per heavy atom. The fourth-order valence-electron chi connectivity index (χ4n) is 1.46. The maximum absolute atomic E-state index is 12.8. The van der Waals surface area contributed by atoms with Crippen molar-refractivity contribution >= 4 is 5.91 Å². The molecule has 18 heavy (non-hydrogen) atoms. The Morgan fingerprint density at radius 1 is 1.22 bits per heavy atom. The smallest absolute Gasteiger partial charge is 0.312 e. The lowest BCUT2D eigenvalue weighted by molar-refractivity contribution is -0.0773. The fourth-order valence-corrected chi connectivity index (χ4v) is 1.46. The van der Waals surface area contributed by atoms with Gasteiger partial charge in [-0.15, -0.1) is 0 Å². The molecule has 1 aromatic heterocycles. The van der Waals surface area contributed by atoms with Gasteiger partial charge in [0.25, 0.3) is 0 Å². The number of amides is 1. The molecule has 0 N–H and O–H groups in total. The van der Waals surface area contributed by atoms with Crippen molar-refractivity contribution in [2.75, 3.05) is 14.2 Å². The van der Waals surface area contributed by atoms with E-state index in [2.05, 4.69) is 0 Å². The summed E-state index contributed by atoms with van der Waals surface area (Å²) in [4.78, 5) is 16.5. The summed E-state index contributed by atoms with van der Waals surface area (Å²) in [5, 5.41) is 1.06. The monoisotopic (exact) mass is 249 g/mol. The summed E-state index contributed by atoms with van der Waals surface area (Å²) in [6.07, 6.45) is 0. The molecular weight excluding hydrogens is 237 g/mol. The summed E-state index contributed by atoms with van der Waals surface area (Å²) < 4.78 is 18.2. The molecule has 0 aliphatic heterocycles. The molecule has 2 aromatic rings. The number of furan rings is 1. The number of hydrogen-bond acceptors (Lipinski definition) is 3. The van der Waals surface area contributed by atoms with E-state index in [-0.39, 0.29) is 17.5 Å². The lowest BCUT2D eigenvalue weighted by Crippen LogP contribution is -2.24. The first-order valence-corrected chi connectivity index (χ1v) is 5.30. The van der Waals surface area contributed by atoms with E-state index in [0.717, 1.165) is 5.06 Å². The number of hydrogen-bond donors (Lipinski definition) is 0. The minimum absolute atomic E-state index is 0.165. The van der Waals surface area contributed by atoms with E-state index >= 15 is 0 Å². The second-order valence-corrected chi connectivity index (χ2v) is 3.66. The third kappa shape index (κ3) is 2.41. The van der Waals surface area contributed by atoms with Gasteiger partial charge in [-0.3, -0.25) is 9.63 Å². The summed E-state index contributed by atoms with van der Waals surface area (Å²) in [5.74, 6) is -0.0342. The number of carbonyl (C=O) groups excluding carboxylic acids is 1. The van der Waals surface area contributed by atoms with Gasteiger partial charge in [-0.25, -0.2) is 9.45 Å². The van der Waals surface area contributed by atoms with Crippen LogP contribution in [0.2, 0.25) is 0 Å². The quantitative estimate of drug-likeness (QED) is 0.785. The number of hydroxylamine groups is 2. The number of halogens is 1. The standard InChI is InChI=1S/C13H12FNO3/c1-15(17-2)13(16)12-8-7-11(18-12)9-3-5-10(14)6-4-9/h3-8H,1-2H3. The van der Waals surface area contributed by atoms with Crippen molar-refractivity contribution in [2.24, 2.45) is 0 Å². The molecule has 0 fully saturated rings. The highest BCUT2D eigenvalue weighted by atomic mass is 19.1. The van der Waals surface area contributed by atoms with E-state index < -0.39 is 0 Å². The van der Waals surface area contributed by atoms with Crippen LogP contribution in [-0.4, -0.2) is 25.1 Å². The molecule has 0 radical (unpaired) electrons. The highest BCUT2D eigenvalue weighted by molar-refractivity contribution is 5.91. The van der Waals surface area contributed by atoms with Crippen LogP contribution >= 0.6 is 0 Å². The van der Waals surface area contributed by atoms with Gasteiger partial charge in [0.15, 0.2) is 5.76 Å². The van der Waals surface area contributed by atoms with E-state index in [1.54, 1.807) is 24.3 Å². The first kappa shape index (κ1) is 12.3. The molecule has 1 heterocycles. The minimum atomic E-state index is -0.383. The van der Waals surface area contributed by atoms with Gasteiger partial charge in [-0.2, -0.15) is 0 Å². The highest BCUT2D eigenvalue weighted by Gasteiger charge is 2.16. The number of rotatable bonds is 3. The Bertz CT molecular complexity index is 548. The van der Waals surface area contributed by atoms with Gasteiger partial charge in [0.05, 0.1) is 7.11 Å². The summed E-state index contributed by atoms with van der Waals surface area (Å²) in [6, 6.07) is 9.05. The van der Waals surface area contributed by atoms with Crippen molar-refractivity contribution in [3.8, 4) is 11.3 Å². The van der Waals surface area contributed by atoms with Crippen LogP contribution in [-0.2, 0) is 4.84 Å². The highest BCUT2D eigenvalue weighted by Crippen LogP contribution is 2.22. The van der Waals surface area contributed by atoms with Crippen LogP contribution in [0.3, 0.4) is 0 Å². The summed E-state index contributed by atoms with van der Waals surface area (Å²) >= 11 is 0. The zero-order chi connectivity index (χ0) is 13.1. The van der Waals surface area contributed by atoms with Crippen molar-refractivity contribution < 1.29 is 18.4 Å². The van der Waals surface area contributed by atoms with E-state index in [0.29, 0.717) is 11.3 Å². The summed E-state index contributed by atoms with van der Waals surface area (Å²) in [5.41, 5.74) is 0.704. The summed E-state index contributed by atoms with van der Waals surface area (Å²) in [7, 11) is 2.88. The first-order chi connectivity index (χ1) is 8.61. The second kappa shape index (κ2) is 5.01. The van der Waals surface area contributed by atoms with E-state index in [1.807, 2.05) is 0 Å². The maximum atomic E-state index is 12.8. The Labute approximate surface area is 104 Å². The molecule has 2 rings (SSSR count). The predicted octanol–water partition coefficient (Wildman–Crippen LogP) is 2.72. The van der Waals surface area contributed by atoms with Crippen LogP contribution in [0, 0.1) is 5.82 Å². The third-order valence-electron chi connectivity index (χ3n) is 2.51. The average molecular weight is 249 g/mol. The van der Waals surface area contributed by atoms with Crippen molar-refractivity contribution in [3.63, 3.8) is 0 Å². The van der Waals surface area contributed by atoms with Gasteiger partial charge in [0.1, 0.15) is 11.6 Å². The van der Waals surface area contributed by atoms with Crippen molar-refractivity contribution in [2.45, 2.75) is 0 Å². The van der Waals surface area contributed by atoms with E-state index in [9.17, 15) is 9.18 Å². The first-order valence-electron chi connectivity index (χ1n) is 5.30. The Kier molecular flexibility index (Phi) is 3.43. The number of nitrogens with zero attached hydrogens (tertiary/aromatic N) is 1. The SMILES string of the molecule is CON(C)C(=O)c1ccc(-c2ccc(F)cc2)o1. The van der Waals surface area contributed by atoms with Crippen molar-refractivity contribution in [1.29, 1.82) is 0 Å². The molecule has 1 amide bonds. The maximum Gasteiger partial charge on any atom is 0.312 e. The van der Waals surface area contributed by atoms with Gasteiger partial charge in [0.2, 0.25) is 0 Å². The normalized spacial score (nSPS) is 10.4. The van der Waals surface area contributed by atoms with Crippen LogP contribution in [0.25, 0.3) is 11.3 Å². The molecule has 1 aromatic carbocycles. The van der Waals surface area contributed by atoms with E-state index in [4.69, 9.17) is 9.25 Å². The Balaban J connectivity index is 2.25. The lowest BCUT2D eigenvalue weighted by atomic mass is 10.2. The molecule has 0 unspecified atom stereocenters. The molecule has 0 bridgehead atoms. The Hall–Kier alpha value is -2.14. The molecule has 5 heteroatoms. The molecule has 0 saturated carbocycles. The van der Waals surface area contributed by atoms with Gasteiger partial charge in [-0.1, -0.05) is 0 Å². The molecular formula is C13H12FNO3. The van der Waals surface area contributed by atoms with Crippen LogP contribution in [0.15, 0.2) is 40.8 Å². The third-order valence-corrected chi connectivity index (χ3v) is 2.51. The lowest BCUT2D eigenvalue weighted by Gasteiger charge is -2.10. The predicted molar refractivity (Wildman–Crippen MR) is 63.2 cm³/mol. The van der Waals surface area contributed by atoms with Crippen LogP contribution in [0.5, 0.6) is 0 Å². The number of benzene rings is 1. The molecule has 94 valence electrons. The number of carbonyl (C=O) groups is 1. The average Bonchev–Trinajstić information content (AvgIpc) is 2.87. The van der Waals surface area contributed by atoms with Crippen molar-refractivity contribution in [3.05, 3.63) is 48.0 Å². The zero-order valence-corrected chi connectivity index (χ0v) is 10.0. The minimum Gasteiger partial charge on any atom is -0.451 e. The van der Waals surface area contributed by atoms with Crippen LogP contribution < -0.4 is 0 Å². The van der Waals surface area contributed by atoms with Gasteiger partial charge in [0, 0.05) is 12.6 Å². The van der Waals surface area contributed by atoms with Crippen LogP contribution in [0.1, 0.15) is 10.6 Å². The van der Waals surface area contributed by atoms with Gasteiger partial charge in [-0.05, 0) is 36.4 Å². The van der Waals surface area contributed by atoms with Gasteiger partial charge >= 0.3 is 5.91 Å². The molecule has 0 spiro atoms. The summed E-state index contributed by atoms with van der Waals surface area (Å²) in [6.45, 7) is 0. The van der Waals surface area contributed by atoms with Crippen LogP contribution in [0.4, 0.5) is 4.39 Å². The fraction of sp³-hybridized carbons (Fsp3) is 0.154. The molecule has 4 nitrogen and oxygen atoms in total. The molecule has 0 aliphatic rings.